The minimum Gasteiger partial charge on any atom is -0.444 e. The largest absolute Gasteiger partial charge is 0.444 e. The molecule has 5 N–H and O–H groups in total. The lowest BCUT2D eigenvalue weighted by Gasteiger charge is -2.31. The molecule has 3 heterocycles. The second kappa shape index (κ2) is 19.2. The van der Waals surface area contributed by atoms with E-state index in [-0.39, 0.29) is 19.3 Å². The minimum atomic E-state index is -1.06. The number of pyridine rings is 1. The molecule has 15 heteroatoms. The Morgan fingerprint density at radius 1 is 0.944 bits per heavy atom. The van der Waals surface area contributed by atoms with Crippen molar-refractivity contribution in [2.75, 3.05) is 0 Å². The van der Waals surface area contributed by atoms with Crippen LogP contribution in [0, 0.1) is 5.92 Å². The van der Waals surface area contributed by atoms with Gasteiger partial charge in [0.15, 0.2) is 18.2 Å². The number of rotatable bonds is 17. The van der Waals surface area contributed by atoms with E-state index in [4.69, 9.17) is 4.74 Å². The Labute approximate surface area is 316 Å². The van der Waals surface area contributed by atoms with Crippen LogP contribution >= 0.6 is 0 Å². The van der Waals surface area contributed by atoms with Crippen molar-refractivity contribution < 1.29 is 28.8 Å². The van der Waals surface area contributed by atoms with Gasteiger partial charge >= 0.3 is 6.09 Å². The van der Waals surface area contributed by atoms with Crippen LogP contribution in [0.5, 0.6) is 0 Å². The van der Waals surface area contributed by atoms with E-state index >= 15 is 0 Å². The van der Waals surface area contributed by atoms with Gasteiger partial charge in [0, 0.05) is 49.8 Å². The SMILES string of the molecule is C[n+]1ccc(CCn2nnnc2C[C@H](O)[C@H](CC2CCCCC2)NC(=O)[C@H](Cc2cnc[nH]2)NC(=O)[C@H](Cc2ccccc2)NC(=O)OC(C)(C)C)cc1. The second-order valence-corrected chi connectivity index (χ2v) is 15.3. The number of carbonyl (C=O) groups excluding carboxylic acids is 3. The normalized spacial score (nSPS) is 15.8. The van der Waals surface area contributed by atoms with Crippen molar-refractivity contribution >= 4 is 17.9 Å². The fourth-order valence-corrected chi connectivity index (χ4v) is 6.79. The number of nitrogens with one attached hydrogen (secondary N) is 4. The maximum atomic E-state index is 14.3. The van der Waals surface area contributed by atoms with Crippen molar-refractivity contribution in [3.63, 3.8) is 0 Å². The second-order valence-electron chi connectivity index (χ2n) is 15.3. The third-order valence-electron chi connectivity index (χ3n) is 9.66. The highest BCUT2D eigenvalue weighted by molar-refractivity contribution is 5.91. The first kappa shape index (κ1) is 40.0. The number of benzene rings is 1. The Bertz CT molecular complexity index is 1750. The average molecular weight is 744 g/mol. The molecule has 54 heavy (non-hydrogen) atoms. The van der Waals surface area contributed by atoms with Gasteiger partial charge in [-0.3, -0.25) is 9.59 Å². The standard InChI is InChI=1S/C39H54N10O5/c1-39(2,3)54-38(53)44-32(22-29-13-9-6-10-14-29)36(51)43-33(23-30-25-40-26-41-30)37(52)42-31(21-28-11-7-5-8-12-28)34(50)24-35-45-46-47-49(35)20-17-27-15-18-48(4)19-16-27/h6,9-10,13-16,18-19,25-26,28,31-34,50H,5,7-8,11-12,17,20-24H2,1-4H3,(H3-,40,41,42,43,44,51,52,53)/p+1/t31-,32-,33-,34-/m0/s1. The highest BCUT2D eigenvalue weighted by atomic mass is 16.6. The van der Waals surface area contributed by atoms with Gasteiger partial charge in [-0.2, -0.15) is 0 Å². The summed E-state index contributed by atoms with van der Waals surface area (Å²) in [7, 11) is 1.97. The molecule has 1 saturated carbocycles. The third-order valence-corrected chi connectivity index (χ3v) is 9.66. The number of aryl methyl sites for hydroxylation is 3. The van der Waals surface area contributed by atoms with Crippen LogP contribution in [-0.4, -0.2) is 83.0 Å². The fourth-order valence-electron chi connectivity index (χ4n) is 6.79. The first-order valence-corrected chi connectivity index (χ1v) is 18.9. The summed E-state index contributed by atoms with van der Waals surface area (Å²) in [5.74, 6) is -0.181. The molecule has 0 unspecified atom stereocenters. The molecule has 1 aromatic carbocycles. The van der Waals surface area contributed by atoms with Gasteiger partial charge in [-0.05, 0) is 61.1 Å². The predicted molar refractivity (Wildman–Crippen MR) is 199 cm³/mol. The van der Waals surface area contributed by atoms with E-state index in [0.717, 1.165) is 36.8 Å². The number of aromatic amines is 1. The minimum absolute atomic E-state index is 0.101. The van der Waals surface area contributed by atoms with Crippen molar-refractivity contribution in [1.82, 2.24) is 46.1 Å². The lowest BCUT2D eigenvalue weighted by atomic mass is 9.83. The Balaban J connectivity index is 1.33. The molecule has 3 amide bonds. The van der Waals surface area contributed by atoms with E-state index in [1.807, 2.05) is 66.5 Å². The highest BCUT2D eigenvalue weighted by Gasteiger charge is 2.33. The predicted octanol–water partition coefficient (Wildman–Crippen LogP) is 2.69. The topological polar surface area (TPSA) is 193 Å². The van der Waals surface area contributed by atoms with Gasteiger partial charge in [0.25, 0.3) is 0 Å². The van der Waals surface area contributed by atoms with E-state index in [1.54, 1.807) is 31.6 Å². The van der Waals surface area contributed by atoms with Crippen LogP contribution in [0.2, 0.25) is 0 Å². The quantitative estimate of drug-likeness (QED) is 0.101. The number of carbonyl (C=O) groups is 3. The van der Waals surface area contributed by atoms with Crippen molar-refractivity contribution in [3.05, 3.63) is 90.0 Å². The van der Waals surface area contributed by atoms with E-state index in [1.165, 1.54) is 12.7 Å². The summed E-state index contributed by atoms with van der Waals surface area (Å²) in [6.07, 6.45) is 12.4. The molecule has 5 rings (SSSR count). The van der Waals surface area contributed by atoms with E-state index < -0.39 is 47.7 Å². The van der Waals surface area contributed by atoms with Gasteiger partial charge in [0.1, 0.15) is 24.7 Å². The molecule has 0 spiro atoms. The molecule has 1 aliphatic carbocycles. The third kappa shape index (κ3) is 12.7. The number of ether oxygens (including phenoxy) is 1. The first-order valence-electron chi connectivity index (χ1n) is 18.9. The number of aliphatic hydroxyl groups is 1. The first-order chi connectivity index (χ1) is 25.9. The van der Waals surface area contributed by atoms with E-state index in [2.05, 4.69) is 41.4 Å². The molecule has 3 aromatic heterocycles. The number of hydrogen-bond donors (Lipinski definition) is 5. The van der Waals surface area contributed by atoms with Gasteiger partial charge in [-0.15, -0.1) is 5.10 Å². The zero-order valence-corrected chi connectivity index (χ0v) is 31.8. The van der Waals surface area contributed by atoms with E-state index in [0.29, 0.717) is 36.8 Å². The number of aliphatic hydroxyl groups excluding tert-OH is 1. The Morgan fingerprint density at radius 3 is 2.33 bits per heavy atom. The Kier molecular flexibility index (Phi) is 14.3. The maximum absolute atomic E-state index is 14.3. The fraction of sp³-hybridized carbons (Fsp3) is 0.538. The monoisotopic (exact) mass is 743 g/mol. The van der Waals surface area contributed by atoms with Crippen LogP contribution in [0.25, 0.3) is 0 Å². The number of tetrazole rings is 1. The molecule has 1 fully saturated rings. The van der Waals surface area contributed by atoms with Crippen molar-refractivity contribution in [1.29, 1.82) is 0 Å². The van der Waals surface area contributed by atoms with Crippen molar-refractivity contribution in [3.8, 4) is 0 Å². The Morgan fingerprint density at radius 2 is 1.65 bits per heavy atom. The molecule has 1 aliphatic rings. The number of imidazole rings is 1. The van der Waals surface area contributed by atoms with Crippen molar-refractivity contribution in [2.45, 2.75) is 121 Å². The number of alkyl carbamates (subject to hydrolysis) is 1. The number of hydrogen-bond acceptors (Lipinski definition) is 9. The van der Waals surface area contributed by atoms with Gasteiger partial charge in [-0.25, -0.2) is 19.0 Å². The maximum Gasteiger partial charge on any atom is 0.408 e. The zero-order valence-electron chi connectivity index (χ0n) is 31.8. The van der Waals surface area contributed by atoms with Crippen LogP contribution in [-0.2, 0) is 53.6 Å². The summed E-state index contributed by atoms with van der Waals surface area (Å²) < 4.78 is 9.14. The molecule has 0 saturated heterocycles. The summed E-state index contributed by atoms with van der Waals surface area (Å²) >= 11 is 0. The van der Waals surface area contributed by atoms with Gasteiger partial charge in [0.05, 0.1) is 18.5 Å². The lowest BCUT2D eigenvalue weighted by molar-refractivity contribution is -0.671. The molecule has 0 aliphatic heterocycles. The summed E-state index contributed by atoms with van der Waals surface area (Å²) in [5.41, 5.74) is 1.80. The molecular weight excluding hydrogens is 688 g/mol. The summed E-state index contributed by atoms with van der Waals surface area (Å²) in [6.45, 7) is 5.76. The van der Waals surface area contributed by atoms with Crippen LogP contribution < -0.4 is 20.5 Å². The smallest absolute Gasteiger partial charge is 0.408 e. The molecule has 4 atom stereocenters. The molecule has 15 nitrogen and oxygen atoms in total. The van der Waals surface area contributed by atoms with Crippen molar-refractivity contribution in [2.24, 2.45) is 13.0 Å². The highest BCUT2D eigenvalue weighted by Crippen LogP contribution is 2.28. The summed E-state index contributed by atoms with van der Waals surface area (Å²) in [6, 6.07) is 10.7. The number of aromatic nitrogens is 7. The van der Waals surface area contributed by atoms with Crippen LogP contribution in [0.3, 0.4) is 0 Å². The van der Waals surface area contributed by atoms with Gasteiger partial charge in [-0.1, -0.05) is 62.4 Å². The van der Waals surface area contributed by atoms with Crippen LogP contribution in [0.15, 0.2) is 67.4 Å². The molecule has 0 bridgehead atoms. The number of amides is 3. The molecule has 4 aromatic rings. The van der Waals surface area contributed by atoms with Gasteiger partial charge < -0.3 is 30.8 Å². The zero-order chi connectivity index (χ0) is 38.5. The van der Waals surface area contributed by atoms with E-state index in [9.17, 15) is 19.5 Å². The number of nitrogens with zero attached hydrogens (tertiary/aromatic N) is 6. The Hall–Kier alpha value is -5.18. The molecular formula is C39H55N10O5+. The summed E-state index contributed by atoms with van der Waals surface area (Å²) in [5, 5.41) is 32.8. The summed E-state index contributed by atoms with van der Waals surface area (Å²) in [4.78, 5) is 48.3. The molecule has 290 valence electrons. The average Bonchev–Trinajstić information content (AvgIpc) is 3.82. The number of H-pyrrole nitrogens is 1. The lowest BCUT2D eigenvalue weighted by Crippen LogP contribution is -2.58. The van der Waals surface area contributed by atoms with Crippen LogP contribution in [0.4, 0.5) is 4.79 Å². The molecule has 0 radical (unpaired) electrons. The van der Waals surface area contributed by atoms with Gasteiger partial charge in [0.2, 0.25) is 11.8 Å². The van der Waals surface area contributed by atoms with Crippen LogP contribution in [0.1, 0.15) is 81.9 Å².